The van der Waals surface area contributed by atoms with Gasteiger partial charge in [-0.25, -0.2) is 13.4 Å². The smallest absolute Gasteiger partial charge is 0.243 e. The highest BCUT2D eigenvalue weighted by atomic mass is 32.2. The molecule has 9 nitrogen and oxygen atoms in total. The maximum atomic E-state index is 13.7. The van der Waals surface area contributed by atoms with Crippen LogP contribution in [0, 0.1) is 0 Å². The van der Waals surface area contributed by atoms with Gasteiger partial charge in [0.05, 0.1) is 24.6 Å². The van der Waals surface area contributed by atoms with Crippen molar-refractivity contribution in [2.45, 2.75) is 4.90 Å². The monoisotopic (exact) mass is 605 g/mol. The molecule has 222 valence electrons. The lowest BCUT2D eigenvalue weighted by atomic mass is 9.93. The average molecular weight is 606 g/mol. The highest BCUT2D eigenvalue weighted by Crippen LogP contribution is 2.36. The lowest BCUT2D eigenvalue weighted by molar-refractivity contribution is 0.356. The van der Waals surface area contributed by atoms with Crippen molar-refractivity contribution in [1.29, 1.82) is 0 Å². The zero-order chi connectivity index (χ0) is 30.4. The van der Waals surface area contributed by atoms with Gasteiger partial charge in [0.2, 0.25) is 16.0 Å². The van der Waals surface area contributed by atoms with E-state index >= 15 is 0 Å². The van der Waals surface area contributed by atoms with Crippen LogP contribution in [0.1, 0.15) is 0 Å². The van der Waals surface area contributed by atoms with Gasteiger partial charge in [-0.1, -0.05) is 60.7 Å². The first-order valence-electron chi connectivity index (χ1n) is 14.3. The van der Waals surface area contributed by atoms with Gasteiger partial charge in [0.15, 0.2) is 11.5 Å². The molecule has 0 aliphatic carbocycles. The number of nitrogen functional groups attached to an aromatic ring is 1. The normalized spacial score (nSPS) is 14.4. The number of piperazine rings is 1. The van der Waals surface area contributed by atoms with E-state index in [2.05, 4.69) is 35.3 Å². The molecule has 1 aromatic heterocycles. The van der Waals surface area contributed by atoms with E-state index in [9.17, 15) is 8.42 Å². The van der Waals surface area contributed by atoms with Crippen LogP contribution < -0.4 is 20.1 Å². The number of anilines is 2. The van der Waals surface area contributed by atoms with E-state index < -0.39 is 10.0 Å². The van der Waals surface area contributed by atoms with Crippen molar-refractivity contribution in [1.82, 2.24) is 14.3 Å². The molecule has 0 saturated carbocycles. The summed E-state index contributed by atoms with van der Waals surface area (Å²) in [6, 6.07) is 29.5. The molecule has 44 heavy (non-hydrogen) atoms. The number of aromatic nitrogens is 2. The van der Waals surface area contributed by atoms with E-state index in [1.165, 1.54) is 15.1 Å². The van der Waals surface area contributed by atoms with E-state index in [1.54, 1.807) is 38.5 Å². The molecule has 0 radical (unpaired) electrons. The van der Waals surface area contributed by atoms with Gasteiger partial charge < -0.3 is 20.1 Å². The average Bonchev–Trinajstić information content (AvgIpc) is 3.07. The van der Waals surface area contributed by atoms with Crippen molar-refractivity contribution in [3.63, 3.8) is 0 Å². The fourth-order valence-electron chi connectivity index (χ4n) is 5.99. The molecule has 1 saturated heterocycles. The summed E-state index contributed by atoms with van der Waals surface area (Å²) < 4.78 is 39.6. The first-order valence-corrected chi connectivity index (χ1v) is 15.8. The number of sulfonamides is 1. The van der Waals surface area contributed by atoms with Crippen molar-refractivity contribution in [3.05, 3.63) is 91.0 Å². The molecule has 1 aliphatic heterocycles. The Balaban J connectivity index is 1.12. The molecule has 1 aliphatic rings. The van der Waals surface area contributed by atoms with Crippen molar-refractivity contribution in [2.24, 2.45) is 0 Å². The Bertz CT molecular complexity index is 2140. The molecule has 0 bridgehead atoms. The molecular formula is C34H31N5O4S. The van der Waals surface area contributed by atoms with Gasteiger partial charge in [-0.15, -0.1) is 0 Å². The summed E-state index contributed by atoms with van der Waals surface area (Å²) in [5.74, 6) is 1.85. The van der Waals surface area contributed by atoms with Gasteiger partial charge in [-0.05, 0) is 56.9 Å². The molecule has 7 rings (SSSR count). The van der Waals surface area contributed by atoms with Crippen LogP contribution in [0.3, 0.4) is 0 Å². The Morgan fingerprint density at radius 3 is 2.05 bits per heavy atom. The minimum atomic E-state index is -3.69. The number of methoxy groups -OCH3 is 2. The third-order valence-electron chi connectivity index (χ3n) is 8.31. The maximum Gasteiger partial charge on any atom is 0.243 e. The molecule has 6 aromatic rings. The van der Waals surface area contributed by atoms with Crippen molar-refractivity contribution in [3.8, 4) is 22.6 Å². The van der Waals surface area contributed by atoms with E-state index in [1.807, 2.05) is 41.3 Å². The summed E-state index contributed by atoms with van der Waals surface area (Å²) in [6.45, 7) is 1.45. The molecule has 5 aromatic carbocycles. The topological polar surface area (TPSA) is 111 Å². The minimum Gasteiger partial charge on any atom is -0.493 e. The van der Waals surface area contributed by atoms with E-state index in [0.29, 0.717) is 60.3 Å². The minimum absolute atomic E-state index is 0.270. The van der Waals surface area contributed by atoms with E-state index in [4.69, 9.17) is 20.2 Å². The largest absolute Gasteiger partial charge is 0.493 e. The lowest BCUT2D eigenvalue weighted by Gasteiger charge is -2.34. The van der Waals surface area contributed by atoms with Gasteiger partial charge in [-0.2, -0.15) is 9.29 Å². The number of hydrogen-bond acceptors (Lipinski definition) is 8. The molecule has 2 heterocycles. The molecule has 2 N–H and O–H groups in total. The maximum absolute atomic E-state index is 13.7. The fraction of sp³-hybridized carbons (Fsp3) is 0.176. The molecular weight excluding hydrogens is 574 g/mol. The molecule has 10 heteroatoms. The van der Waals surface area contributed by atoms with Crippen molar-refractivity contribution < 1.29 is 17.9 Å². The van der Waals surface area contributed by atoms with Crippen molar-refractivity contribution >= 4 is 54.2 Å². The van der Waals surface area contributed by atoms with Crippen LogP contribution in [-0.2, 0) is 10.0 Å². The number of benzene rings is 5. The Morgan fingerprint density at radius 2 is 1.34 bits per heavy atom. The molecule has 0 spiro atoms. The Labute approximate surface area is 255 Å². The van der Waals surface area contributed by atoms with Crippen LogP contribution in [0.5, 0.6) is 11.5 Å². The summed E-state index contributed by atoms with van der Waals surface area (Å²) in [5, 5.41) is 5.31. The number of ether oxygens (including phenoxy) is 2. The highest BCUT2D eigenvalue weighted by molar-refractivity contribution is 7.89. The predicted molar refractivity (Wildman–Crippen MR) is 175 cm³/mol. The Morgan fingerprint density at radius 1 is 0.705 bits per heavy atom. The lowest BCUT2D eigenvalue weighted by Crippen LogP contribution is -2.49. The second-order valence-electron chi connectivity index (χ2n) is 10.7. The number of nitrogens with two attached hydrogens (primary N) is 1. The zero-order valence-electron chi connectivity index (χ0n) is 24.4. The van der Waals surface area contributed by atoms with Gasteiger partial charge in [-0.3, -0.25) is 0 Å². The van der Waals surface area contributed by atoms with Crippen LogP contribution >= 0.6 is 0 Å². The molecule has 0 amide bonds. The third kappa shape index (κ3) is 4.72. The molecule has 0 unspecified atom stereocenters. The van der Waals surface area contributed by atoms with Gasteiger partial charge in [0.25, 0.3) is 0 Å². The van der Waals surface area contributed by atoms with Crippen LogP contribution in [0.15, 0.2) is 95.9 Å². The standard InChI is InChI=1S/C34H31N5O4S/c1-42-31-20-29-30(21-32(31)43-2)36-34(37-33(29)35)38-15-17-39(18-16-38)44(40,41)24-13-11-22(12-14-24)28-19-23-7-3-4-8-25(23)26-9-5-6-10-27(26)28/h3-14,19-21H,15-18H2,1-2H3,(H2,35,36,37). The quantitative estimate of drug-likeness (QED) is 0.240. The number of fused-ring (bicyclic) bond motifs is 4. The number of nitrogens with zero attached hydrogens (tertiary/aromatic N) is 4. The van der Waals surface area contributed by atoms with Crippen LogP contribution in [0.4, 0.5) is 11.8 Å². The molecule has 0 atom stereocenters. The van der Waals surface area contributed by atoms with Gasteiger partial charge in [0, 0.05) is 37.6 Å². The van der Waals surface area contributed by atoms with Crippen LogP contribution in [0.2, 0.25) is 0 Å². The Hall–Kier alpha value is -4.93. The first kappa shape index (κ1) is 27.9. The zero-order valence-corrected chi connectivity index (χ0v) is 25.2. The van der Waals surface area contributed by atoms with Crippen molar-refractivity contribution in [2.75, 3.05) is 51.0 Å². The fourth-order valence-corrected chi connectivity index (χ4v) is 7.41. The number of rotatable bonds is 6. The summed E-state index contributed by atoms with van der Waals surface area (Å²) in [7, 11) is -0.570. The van der Waals surface area contributed by atoms with E-state index in [0.717, 1.165) is 21.9 Å². The van der Waals surface area contributed by atoms with Crippen LogP contribution in [-0.4, -0.2) is 63.1 Å². The van der Waals surface area contributed by atoms with E-state index in [-0.39, 0.29) is 4.90 Å². The van der Waals surface area contributed by atoms with Gasteiger partial charge >= 0.3 is 0 Å². The third-order valence-corrected chi connectivity index (χ3v) is 10.2. The highest BCUT2D eigenvalue weighted by Gasteiger charge is 2.30. The summed E-state index contributed by atoms with van der Waals surface area (Å²) >= 11 is 0. The second-order valence-corrected chi connectivity index (χ2v) is 12.7. The Kier molecular flexibility index (Phi) is 6.95. The predicted octanol–water partition coefficient (Wildman–Crippen LogP) is 5.71. The first-order chi connectivity index (χ1) is 21.4. The number of hydrogen-bond donors (Lipinski definition) is 1. The van der Waals surface area contributed by atoms with Gasteiger partial charge in [0.1, 0.15) is 5.82 Å². The summed E-state index contributed by atoms with van der Waals surface area (Å²) in [4.78, 5) is 11.4. The summed E-state index contributed by atoms with van der Waals surface area (Å²) in [6.07, 6.45) is 0. The molecule has 1 fully saturated rings. The summed E-state index contributed by atoms with van der Waals surface area (Å²) in [5.41, 5.74) is 8.95. The second kappa shape index (κ2) is 11.0. The SMILES string of the molecule is COc1cc2nc(N3CCN(S(=O)(=O)c4ccc(-c5cc6ccccc6c6ccccc56)cc4)CC3)nc(N)c2cc1OC. The van der Waals surface area contributed by atoms with Crippen LogP contribution in [0.25, 0.3) is 43.6 Å².